The van der Waals surface area contributed by atoms with Gasteiger partial charge in [0.05, 0.1) is 27.9 Å². The number of anilines is 2. The molecule has 3 rings (SSSR count). The predicted molar refractivity (Wildman–Crippen MR) is 117 cm³/mol. The molecule has 0 bridgehead atoms. The third-order valence-electron chi connectivity index (χ3n) is 5.11. The van der Waals surface area contributed by atoms with Gasteiger partial charge >= 0.3 is 6.18 Å². The van der Waals surface area contributed by atoms with Gasteiger partial charge in [0.2, 0.25) is 0 Å². The van der Waals surface area contributed by atoms with Gasteiger partial charge in [0.15, 0.2) is 0 Å². The predicted octanol–water partition coefficient (Wildman–Crippen LogP) is 4.55. The van der Waals surface area contributed by atoms with Crippen LogP contribution in [0.1, 0.15) is 30.7 Å². The number of carbonyl (C=O) groups excluding carboxylic acids is 1. The summed E-state index contributed by atoms with van der Waals surface area (Å²) in [5, 5.41) is 9.04. The maximum Gasteiger partial charge on any atom is 0.417 e. The van der Waals surface area contributed by atoms with E-state index in [0.717, 1.165) is 15.9 Å². The van der Waals surface area contributed by atoms with Crippen molar-refractivity contribution in [3.05, 3.63) is 51.7 Å². The Morgan fingerprint density at radius 2 is 1.94 bits per heavy atom. The third kappa shape index (κ3) is 4.86. The fourth-order valence-corrected chi connectivity index (χ4v) is 5.23. The number of aromatic nitrogens is 1. The molecule has 2 atom stereocenters. The number of benzene rings is 1. The summed E-state index contributed by atoms with van der Waals surface area (Å²) in [6, 6.07) is 1.62. The molecule has 1 fully saturated rings. The van der Waals surface area contributed by atoms with Crippen molar-refractivity contribution in [3.63, 3.8) is 0 Å². The molecule has 0 radical (unpaired) electrons. The molecule has 13 heteroatoms. The van der Waals surface area contributed by atoms with Crippen molar-refractivity contribution in [3.8, 4) is 6.07 Å². The van der Waals surface area contributed by atoms with E-state index in [2.05, 4.69) is 4.98 Å². The molecule has 1 aliphatic rings. The Balaban J connectivity index is 2.14. The molecule has 1 amide bonds. The van der Waals surface area contributed by atoms with E-state index in [1.165, 1.54) is 26.8 Å². The third-order valence-corrected chi connectivity index (χ3v) is 6.65. The second kappa shape index (κ2) is 9.46. The van der Waals surface area contributed by atoms with Crippen LogP contribution in [0.5, 0.6) is 0 Å². The van der Waals surface area contributed by atoms with Crippen LogP contribution < -0.4 is 9.80 Å². The average Bonchev–Trinajstić information content (AvgIpc) is 3.12. The Bertz CT molecular complexity index is 1220. The van der Waals surface area contributed by atoms with Gasteiger partial charge in [-0.15, -0.1) is 0 Å². The van der Waals surface area contributed by atoms with E-state index < -0.39 is 68.6 Å². The van der Waals surface area contributed by atoms with Crippen LogP contribution >= 0.6 is 11.6 Å². The quantitative estimate of drug-likeness (QED) is 0.437. The normalized spacial score (nSPS) is 18.3. The highest BCUT2D eigenvalue weighted by Crippen LogP contribution is 2.38. The van der Waals surface area contributed by atoms with Crippen LogP contribution in [0.25, 0.3) is 0 Å². The molecule has 1 aromatic heterocycles. The van der Waals surface area contributed by atoms with E-state index in [9.17, 15) is 36.2 Å². The van der Waals surface area contributed by atoms with Gasteiger partial charge in [0.25, 0.3) is 5.91 Å². The number of rotatable bonds is 4. The van der Waals surface area contributed by atoms with Gasteiger partial charge in [-0.25, -0.2) is 13.8 Å². The van der Waals surface area contributed by atoms with Crippen LogP contribution in [0.4, 0.5) is 33.5 Å². The Morgan fingerprint density at radius 1 is 1.29 bits per heavy atom. The van der Waals surface area contributed by atoms with Crippen molar-refractivity contribution in [1.29, 1.82) is 5.26 Å². The first-order valence-corrected chi connectivity index (χ1v) is 11.7. The minimum atomic E-state index is -4.87. The van der Waals surface area contributed by atoms with E-state index in [1.54, 1.807) is 0 Å². The zero-order chi connectivity index (χ0) is 25.5. The van der Waals surface area contributed by atoms with Crippen molar-refractivity contribution in [2.24, 2.45) is 0 Å². The lowest BCUT2D eigenvalue weighted by molar-refractivity contribution is -0.137. The number of carbonyl (C=O) groups is 1. The number of nitrogens with zero attached hydrogens (tertiary/aromatic N) is 4. The lowest BCUT2D eigenvalue weighted by Crippen LogP contribution is -2.50. The minimum absolute atomic E-state index is 0.0673. The summed E-state index contributed by atoms with van der Waals surface area (Å²) in [6.45, 7) is 4.37. The summed E-state index contributed by atoms with van der Waals surface area (Å²) in [4.78, 5) is 19.6. The van der Waals surface area contributed by atoms with Gasteiger partial charge in [0, 0.05) is 28.6 Å². The van der Waals surface area contributed by atoms with Crippen molar-refractivity contribution in [2.45, 2.75) is 39.0 Å². The van der Waals surface area contributed by atoms with E-state index in [-0.39, 0.29) is 23.0 Å². The molecule has 2 aromatic rings. The minimum Gasteiger partial charge on any atom is -0.331 e. The van der Waals surface area contributed by atoms with Crippen LogP contribution in [0.2, 0.25) is 5.02 Å². The number of aryl methyl sites for hydroxylation is 1. The number of amides is 1. The second-order valence-corrected chi connectivity index (χ2v) is 9.74. The first kappa shape index (κ1) is 25.8. The van der Waals surface area contributed by atoms with Gasteiger partial charge < -0.3 is 9.80 Å². The number of hydrogen-bond donors (Lipinski definition) is 0. The fraction of sp³-hybridized carbons (Fsp3) is 0.381. The summed E-state index contributed by atoms with van der Waals surface area (Å²) in [5.74, 6) is -4.04. The maximum atomic E-state index is 14.6. The van der Waals surface area contributed by atoms with Gasteiger partial charge in [-0.05, 0) is 32.9 Å². The molecule has 1 aliphatic heterocycles. The van der Waals surface area contributed by atoms with Crippen LogP contribution in [-0.4, -0.2) is 38.8 Å². The Kier molecular flexibility index (Phi) is 7.19. The SMILES string of the molecule is Cc1cc(C(F)(F)F)c(C#N)c(N2CS(=O)C[C@@H]2C(=O)N(c2cc(Cl)c(F)cc2F)C(C)C)n1. The lowest BCUT2D eigenvalue weighted by atomic mass is 10.1. The second-order valence-electron chi connectivity index (χ2n) is 7.86. The number of hydrogen-bond acceptors (Lipinski definition) is 5. The molecule has 1 saturated heterocycles. The smallest absolute Gasteiger partial charge is 0.331 e. The average molecular weight is 521 g/mol. The van der Waals surface area contributed by atoms with E-state index in [4.69, 9.17) is 11.6 Å². The van der Waals surface area contributed by atoms with Crippen molar-refractivity contribution < 1.29 is 31.0 Å². The number of nitriles is 1. The molecular formula is C21H18ClF5N4O2S. The summed E-state index contributed by atoms with van der Waals surface area (Å²) < 4.78 is 81.4. The summed E-state index contributed by atoms with van der Waals surface area (Å²) in [7, 11) is -1.68. The number of pyridine rings is 1. The van der Waals surface area contributed by atoms with Crippen LogP contribution in [0.15, 0.2) is 18.2 Å². The Hall–Kier alpha value is -2.78. The van der Waals surface area contributed by atoms with Gasteiger partial charge in [-0.3, -0.25) is 9.00 Å². The first-order chi connectivity index (χ1) is 15.8. The van der Waals surface area contributed by atoms with Gasteiger partial charge in [-0.1, -0.05) is 11.6 Å². The summed E-state index contributed by atoms with van der Waals surface area (Å²) in [6.07, 6.45) is -4.87. The first-order valence-electron chi connectivity index (χ1n) is 9.84. The topological polar surface area (TPSA) is 77.3 Å². The number of alkyl halides is 3. The Labute approximate surface area is 199 Å². The molecule has 1 aromatic carbocycles. The molecule has 6 nitrogen and oxygen atoms in total. The number of halogens is 6. The molecule has 34 heavy (non-hydrogen) atoms. The lowest BCUT2D eigenvalue weighted by Gasteiger charge is -2.33. The van der Waals surface area contributed by atoms with Gasteiger partial charge in [0.1, 0.15) is 35.1 Å². The highest BCUT2D eigenvalue weighted by molar-refractivity contribution is 7.85. The molecule has 182 valence electrons. The molecule has 0 N–H and O–H groups in total. The highest BCUT2D eigenvalue weighted by atomic mass is 35.5. The standard InChI is InChI=1S/C21H18ClF5N4O2S/c1-10(2)31(17-5-14(22)15(23)6-16(17)24)20(32)18-8-34(33)9-30(18)19-12(7-28)13(21(25,26)27)4-11(3)29-19/h4-6,10,18H,8-9H2,1-3H3/t18-,34?/m1/s1. The highest BCUT2D eigenvalue weighted by Gasteiger charge is 2.43. The zero-order valence-electron chi connectivity index (χ0n) is 18.1. The van der Waals surface area contributed by atoms with E-state index in [1.807, 2.05) is 0 Å². The van der Waals surface area contributed by atoms with Crippen molar-refractivity contribution in [2.75, 3.05) is 21.4 Å². The maximum absolute atomic E-state index is 14.6. The van der Waals surface area contributed by atoms with Crippen molar-refractivity contribution in [1.82, 2.24) is 4.98 Å². The van der Waals surface area contributed by atoms with Crippen LogP contribution in [0.3, 0.4) is 0 Å². The molecule has 0 saturated carbocycles. The molecule has 0 aliphatic carbocycles. The molecule has 0 spiro atoms. The molecule has 2 heterocycles. The van der Waals surface area contributed by atoms with Crippen LogP contribution in [0, 0.1) is 29.9 Å². The van der Waals surface area contributed by atoms with Gasteiger partial charge in [-0.2, -0.15) is 18.4 Å². The van der Waals surface area contributed by atoms with Crippen LogP contribution in [-0.2, 0) is 21.8 Å². The Morgan fingerprint density at radius 3 is 2.50 bits per heavy atom. The largest absolute Gasteiger partial charge is 0.417 e. The zero-order valence-corrected chi connectivity index (χ0v) is 19.7. The van der Waals surface area contributed by atoms with E-state index >= 15 is 0 Å². The monoisotopic (exact) mass is 520 g/mol. The molecule has 1 unspecified atom stereocenters. The van der Waals surface area contributed by atoms with E-state index in [0.29, 0.717) is 12.1 Å². The molecular weight excluding hydrogens is 503 g/mol. The fourth-order valence-electron chi connectivity index (χ4n) is 3.68. The van der Waals surface area contributed by atoms with Crippen molar-refractivity contribution >= 4 is 39.8 Å². The summed E-state index contributed by atoms with van der Waals surface area (Å²) >= 11 is 5.77. The summed E-state index contributed by atoms with van der Waals surface area (Å²) in [5.41, 5.74) is -2.47.